The first-order valence-corrected chi connectivity index (χ1v) is 9.98. The number of aliphatic imine (C=N–C) groups is 1. The van der Waals surface area contributed by atoms with Crippen molar-refractivity contribution < 1.29 is 9.53 Å². The summed E-state index contributed by atoms with van der Waals surface area (Å²) in [6.45, 7) is 5.15. The zero-order chi connectivity index (χ0) is 18.0. The van der Waals surface area contributed by atoms with Crippen LogP contribution in [0.25, 0.3) is 0 Å². The monoisotopic (exact) mass is 352 g/mol. The standard InChI is InChI=1S/C19H36N4O2/c1-3-20-18(22-15-19(10-6-11-19)12-14-25-2)21-13-9-17(24)23-16-7-4-5-8-16/h16H,3-15H2,1-2H3,(H,23,24)(H2,20,21,22). The van der Waals surface area contributed by atoms with E-state index in [4.69, 9.17) is 9.73 Å². The van der Waals surface area contributed by atoms with E-state index in [2.05, 4.69) is 22.9 Å². The van der Waals surface area contributed by atoms with Crippen molar-refractivity contribution in [3.63, 3.8) is 0 Å². The average molecular weight is 353 g/mol. The number of ether oxygens (including phenoxy) is 1. The molecule has 2 fully saturated rings. The predicted octanol–water partition coefficient (Wildman–Crippen LogP) is 2.20. The van der Waals surface area contributed by atoms with Gasteiger partial charge in [0.15, 0.2) is 5.96 Å². The third-order valence-corrected chi connectivity index (χ3v) is 5.53. The van der Waals surface area contributed by atoms with Gasteiger partial charge in [0.2, 0.25) is 5.91 Å². The Labute approximate surface area is 152 Å². The molecule has 2 aliphatic carbocycles. The lowest BCUT2D eigenvalue weighted by molar-refractivity contribution is -0.121. The van der Waals surface area contributed by atoms with E-state index in [1.54, 1.807) is 7.11 Å². The number of rotatable bonds is 10. The minimum absolute atomic E-state index is 0.144. The molecular formula is C19H36N4O2. The maximum absolute atomic E-state index is 12.0. The quantitative estimate of drug-likeness (QED) is 0.416. The SMILES string of the molecule is CCNC(=NCC1(CCOC)CCC1)NCCC(=O)NC1CCCC1. The molecule has 0 spiro atoms. The summed E-state index contributed by atoms with van der Waals surface area (Å²) in [5.74, 6) is 0.964. The zero-order valence-electron chi connectivity index (χ0n) is 16.0. The highest BCUT2D eigenvalue weighted by Crippen LogP contribution is 2.44. The van der Waals surface area contributed by atoms with Crippen molar-refractivity contribution in [3.8, 4) is 0 Å². The first-order valence-electron chi connectivity index (χ1n) is 9.98. The van der Waals surface area contributed by atoms with E-state index in [1.807, 2.05) is 0 Å². The fourth-order valence-electron chi connectivity index (χ4n) is 3.74. The van der Waals surface area contributed by atoms with Crippen LogP contribution in [0.15, 0.2) is 4.99 Å². The average Bonchev–Trinajstić information content (AvgIpc) is 3.06. The molecule has 0 aromatic heterocycles. The highest BCUT2D eigenvalue weighted by Gasteiger charge is 2.36. The van der Waals surface area contributed by atoms with Gasteiger partial charge in [-0.15, -0.1) is 0 Å². The Morgan fingerprint density at radius 3 is 2.56 bits per heavy atom. The molecule has 0 saturated heterocycles. The Morgan fingerprint density at radius 1 is 1.20 bits per heavy atom. The van der Waals surface area contributed by atoms with Gasteiger partial charge in [0.05, 0.1) is 0 Å². The van der Waals surface area contributed by atoms with Crippen molar-refractivity contribution in [2.75, 3.05) is 33.4 Å². The van der Waals surface area contributed by atoms with Crippen molar-refractivity contribution >= 4 is 11.9 Å². The van der Waals surface area contributed by atoms with Crippen LogP contribution < -0.4 is 16.0 Å². The van der Waals surface area contributed by atoms with Crippen molar-refractivity contribution in [1.29, 1.82) is 0 Å². The van der Waals surface area contributed by atoms with Gasteiger partial charge >= 0.3 is 0 Å². The van der Waals surface area contributed by atoms with Gasteiger partial charge in [-0.1, -0.05) is 19.3 Å². The molecule has 1 amide bonds. The molecule has 6 heteroatoms. The van der Waals surface area contributed by atoms with Gasteiger partial charge in [-0.3, -0.25) is 9.79 Å². The van der Waals surface area contributed by atoms with E-state index in [0.29, 0.717) is 24.4 Å². The number of amides is 1. The number of carbonyl (C=O) groups is 1. The van der Waals surface area contributed by atoms with E-state index in [1.165, 1.54) is 32.1 Å². The van der Waals surface area contributed by atoms with Crippen molar-refractivity contribution in [2.45, 2.75) is 70.8 Å². The van der Waals surface area contributed by atoms with Crippen LogP contribution in [-0.2, 0) is 9.53 Å². The van der Waals surface area contributed by atoms with E-state index in [0.717, 1.165) is 44.9 Å². The number of nitrogens with one attached hydrogen (secondary N) is 3. The third kappa shape index (κ3) is 6.84. The van der Waals surface area contributed by atoms with Gasteiger partial charge in [-0.05, 0) is 44.4 Å². The van der Waals surface area contributed by atoms with Crippen LogP contribution in [0.3, 0.4) is 0 Å². The maximum atomic E-state index is 12.0. The highest BCUT2D eigenvalue weighted by atomic mass is 16.5. The van der Waals surface area contributed by atoms with Gasteiger partial charge in [0.1, 0.15) is 0 Å². The largest absolute Gasteiger partial charge is 0.385 e. The summed E-state index contributed by atoms with van der Waals surface area (Å²) >= 11 is 0. The molecule has 2 saturated carbocycles. The molecule has 0 heterocycles. The number of guanidine groups is 1. The normalized spacial score (nSPS) is 20.2. The van der Waals surface area contributed by atoms with Crippen LogP contribution in [-0.4, -0.2) is 51.3 Å². The van der Waals surface area contributed by atoms with Crippen LogP contribution in [0.5, 0.6) is 0 Å². The molecule has 0 aromatic rings. The van der Waals surface area contributed by atoms with E-state index < -0.39 is 0 Å². The molecule has 6 nitrogen and oxygen atoms in total. The molecule has 0 atom stereocenters. The lowest BCUT2D eigenvalue weighted by Gasteiger charge is -2.40. The molecule has 25 heavy (non-hydrogen) atoms. The maximum Gasteiger partial charge on any atom is 0.221 e. The van der Waals surface area contributed by atoms with Crippen LogP contribution >= 0.6 is 0 Å². The second-order valence-corrected chi connectivity index (χ2v) is 7.52. The summed E-state index contributed by atoms with van der Waals surface area (Å²) in [5.41, 5.74) is 0.318. The predicted molar refractivity (Wildman–Crippen MR) is 102 cm³/mol. The molecule has 0 radical (unpaired) electrons. The lowest BCUT2D eigenvalue weighted by atomic mass is 9.67. The molecule has 0 aromatic carbocycles. The summed E-state index contributed by atoms with van der Waals surface area (Å²) in [6.07, 6.45) is 10.1. The molecule has 0 unspecified atom stereocenters. The lowest BCUT2D eigenvalue weighted by Crippen LogP contribution is -2.42. The highest BCUT2D eigenvalue weighted by molar-refractivity contribution is 5.81. The van der Waals surface area contributed by atoms with Crippen LogP contribution in [0.1, 0.15) is 64.7 Å². The van der Waals surface area contributed by atoms with Gasteiger partial charge < -0.3 is 20.7 Å². The minimum atomic E-state index is 0.144. The number of methoxy groups -OCH3 is 1. The van der Waals surface area contributed by atoms with E-state index in [-0.39, 0.29) is 5.91 Å². The van der Waals surface area contributed by atoms with Crippen molar-refractivity contribution in [3.05, 3.63) is 0 Å². The van der Waals surface area contributed by atoms with E-state index in [9.17, 15) is 4.79 Å². The number of hydrogen-bond donors (Lipinski definition) is 3. The smallest absolute Gasteiger partial charge is 0.221 e. The van der Waals surface area contributed by atoms with Gasteiger partial charge in [0, 0.05) is 45.8 Å². The zero-order valence-corrected chi connectivity index (χ0v) is 16.0. The Bertz CT molecular complexity index is 429. The Hall–Kier alpha value is -1.30. The second-order valence-electron chi connectivity index (χ2n) is 7.52. The molecule has 144 valence electrons. The van der Waals surface area contributed by atoms with Crippen LogP contribution in [0.4, 0.5) is 0 Å². The Morgan fingerprint density at radius 2 is 1.96 bits per heavy atom. The van der Waals surface area contributed by atoms with Gasteiger partial charge in [-0.2, -0.15) is 0 Å². The molecular weight excluding hydrogens is 316 g/mol. The molecule has 3 N–H and O–H groups in total. The minimum Gasteiger partial charge on any atom is -0.385 e. The fraction of sp³-hybridized carbons (Fsp3) is 0.895. The van der Waals surface area contributed by atoms with Crippen molar-refractivity contribution in [1.82, 2.24) is 16.0 Å². The number of hydrogen-bond acceptors (Lipinski definition) is 3. The Balaban J connectivity index is 1.72. The molecule has 2 rings (SSSR count). The first-order chi connectivity index (χ1) is 12.2. The van der Waals surface area contributed by atoms with Gasteiger partial charge in [0.25, 0.3) is 0 Å². The van der Waals surface area contributed by atoms with E-state index >= 15 is 0 Å². The van der Waals surface area contributed by atoms with Gasteiger partial charge in [-0.25, -0.2) is 0 Å². The van der Waals surface area contributed by atoms with Crippen LogP contribution in [0.2, 0.25) is 0 Å². The van der Waals surface area contributed by atoms with Crippen molar-refractivity contribution in [2.24, 2.45) is 10.4 Å². The summed E-state index contributed by atoms with van der Waals surface area (Å²) in [5, 5.41) is 9.71. The van der Waals surface area contributed by atoms with Crippen LogP contribution in [0, 0.1) is 5.41 Å². The molecule has 0 aliphatic heterocycles. The topological polar surface area (TPSA) is 74.8 Å². The molecule has 2 aliphatic rings. The second kappa shape index (κ2) is 10.6. The Kier molecular flexibility index (Phi) is 8.52. The number of carbonyl (C=O) groups excluding carboxylic acids is 1. The summed E-state index contributed by atoms with van der Waals surface area (Å²) < 4.78 is 5.25. The first kappa shape index (κ1) is 20.0. The third-order valence-electron chi connectivity index (χ3n) is 5.53. The summed E-state index contributed by atoms with van der Waals surface area (Å²) in [7, 11) is 1.76. The summed E-state index contributed by atoms with van der Waals surface area (Å²) in [6, 6.07) is 0.397. The summed E-state index contributed by atoms with van der Waals surface area (Å²) in [4.78, 5) is 16.8. The molecule has 0 bridgehead atoms. The number of nitrogens with zero attached hydrogens (tertiary/aromatic N) is 1. The fourth-order valence-corrected chi connectivity index (χ4v) is 3.74.